The van der Waals surface area contributed by atoms with Crippen LogP contribution in [0.3, 0.4) is 0 Å². The van der Waals surface area contributed by atoms with Gasteiger partial charge in [0.2, 0.25) is 5.91 Å². The number of benzene rings is 1. The van der Waals surface area contributed by atoms with Gasteiger partial charge in [-0.05, 0) is 18.1 Å². The van der Waals surface area contributed by atoms with E-state index in [1.807, 2.05) is 22.9 Å². The van der Waals surface area contributed by atoms with E-state index in [9.17, 15) is 4.79 Å². The summed E-state index contributed by atoms with van der Waals surface area (Å²) < 4.78 is 1.95. The van der Waals surface area contributed by atoms with Crippen molar-refractivity contribution in [3.63, 3.8) is 0 Å². The summed E-state index contributed by atoms with van der Waals surface area (Å²) in [6.07, 6.45) is 8.92. The lowest BCUT2D eigenvalue weighted by atomic mass is 10.1. The van der Waals surface area contributed by atoms with Crippen molar-refractivity contribution in [2.75, 3.05) is 5.32 Å². The maximum absolute atomic E-state index is 12.0. The Bertz CT molecular complexity index is 848. The minimum Gasteiger partial charge on any atom is -0.337 e. The molecular formula is C17H16Cl2N4OS. The van der Waals surface area contributed by atoms with Crippen molar-refractivity contribution >= 4 is 45.6 Å². The summed E-state index contributed by atoms with van der Waals surface area (Å²) in [4.78, 5) is 21.2. The third-order valence-electron chi connectivity index (χ3n) is 3.58. The zero-order valence-corrected chi connectivity index (χ0v) is 15.6. The molecule has 25 heavy (non-hydrogen) atoms. The van der Waals surface area contributed by atoms with E-state index in [4.69, 9.17) is 23.2 Å². The van der Waals surface area contributed by atoms with Crippen LogP contribution in [0.4, 0.5) is 5.13 Å². The summed E-state index contributed by atoms with van der Waals surface area (Å²) in [6, 6.07) is 5.56. The quantitative estimate of drug-likeness (QED) is 0.633. The van der Waals surface area contributed by atoms with Crippen LogP contribution in [0, 0.1) is 0 Å². The van der Waals surface area contributed by atoms with Crippen molar-refractivity contribution in [2.24, 2.45) is 0 Å². The number of aryl methyl sites for hydroxylation is 1. The van der Waals surface area contributed by atoms with Crippen molar-refractivity contribution < 1.29 is 4.79 Å². The molecule has 0 fully saturated rings. The molecule has 2 heterocycles. The molecule has 130 valence electrons. The molecular weight excluding hydrogens is 379 g/mol. The van der Waals surface area contributed by atoms with Gasteiger partial charge in [0.15, 0.2) is 5.13 Å². The van der Waals surface area contributed by atoms with Crippen LogP contribution in [0.25, 0.3) is 0 Å². The van der Waals surface area contributed by atoms with Gasteiger partial charge in [0, 0.05) is 42.9 Å². The molecule has 0 aliphatic rings. The number of anilines is 1. The predicted molar refractivity (Wildman–Crippen MR) is 101 cm³/mol. The van der Waals surface area contributed by atoms with Crippen LogP contribution in [-0.4, -0.2) is 20.4 Å². The molecule has 0 radical (unpaired) electrons. The largest absolute Gasteiger partial charge is 0.337 e. The molecule has 1 amide bonds. The van der Waals surface area contributed by atoms with Crippen molar-refractivity contribution in [3.05, 3.63) is 63.6 Å². The van der Waals surface area contributed by atoms with Gasteiger partial charge in [-0.25, -0.2) is 9.97 Å². The van der Waals surface area contributed by atoms with Crippen molar-refractivity contribution in [1.29, 1.82) is 0 Å². The van der Waals surface area contributed by atoms with Gasteiger partial charge in [-0.2, -0.15) is 0 Å². The molecule has 0 spiro atoms. The average molecular weight is 395 g/mol. The number of hydrogen-bond donors (Lipinski definition) is 1. The number of nitrogens with zero attached hydrogens (tertiary/aromatic N) is 3. The molecule has 0 unspecified atom stereocenters. The van der Waals surface area contributed by atoms with Gasteiger partial charge in [0.25, 0.3) is 0 Å². The number of aromatic nitrogens is 3. The van der Waals surface area contributed by atoms with E-state index < -0.39 is 0 Å². The van der Waals surface area contributed by atoms with Crippen molar-refractivity contribution in [2.45, 2.75) is 25.8 Å². The highest BCUT2D eigenvalue weighted by Gasteiger charge is 2.10. The summed E-state index contributed by atoms with van der Waals surface area (Å²) in [6.45, 7) is 0.768. The second-order valence-electron chi connectivity index (χ2n) is 5.47. The normalized spacial score (nSPS) is 10.8. The van der Waals surface area contributed by atoms with Gasteiger partial charge in [0.1, 0.15) is 0 Å². The number of imidazole rings is 1. The Morgan fingerprint density at radius 1 is 1.32 bits per heavy atom. The second-order valence-corrected chi connectivity index (χ2v) is 7.37. The number of carbonyl (C=O) groups excluding carboxylic acids is 1. The molecule has 5 nitrogen and oxygen atoms in total. The number of carbonyl (C=O) groups is 1. The van der Waals surface area contributed by atoms with Crippen LogP contribution >= 0.6 is 34.5 Å². The number of rotatable bonds is 7. The third-order valence-corrected chi connectivity index (χ3v) is 5.35. The standard InChI is InChI=1S/C17H16Cl2N4OS/c18-14-4-1-3-12(16(14)19)9-13-10-21-17(25-13)22-15(24)5-2-7-23-8-6-20-11-23/h1,3-4,6,8,10-11H,2,5,7,9H2,(H,21,22,24). The molecule has 0 saturated carbocycles. The molecule has 1 N–H and O–H groups in total. The van der Waals surface area contributed by atoms with E-state index in [2.05, 4.69) is 15.3 Å². The number of hydrogen-bond acceptors (Lipinski definition) is 4. The predicted octanol–water partition coefficient (Wildman–Crippen LogP) is 4.66. The highest BCUT2D eigenvalue weighted by molar-refractivity contribution is 7.15. The summed E-state index contributed by atoms with van der Waals surface area (Å²) in [5, 5.41) is 4.53. The molecule has 0 bridgehead atoms. The van der Waals surface area contributed by atoms with E-state index >= 15 is 0 Å². The van der Waals surface area contributed by atoms with Crippen LogP contribution in [-0.2, 0) is 17.8 Å². The van der Waals surface area contributed by atoms with Crippen LogP contribution < -0.4 is 5.32 Å². The van der Waals surface area contributed by atoms with Crippen LogP contribution in [0.1, 0.15) is 23.3 Å². The van der Waals surface area contributed by atoms with Gasteiger partial charge in [-0.1, -0.05) is 35.3 Å². The highest BCUT2D eigenvalue weighted by atomic mass is 35.5. The fourth-order valence-electron chi connectivity index (χ4n) is 2.34. The molecule has 0 saturated heterocycles. The van der Waals surface area contributed by atoms with Gasteiger partial charge in [-0.15, -0.1) is 11.3 Å². The van der Waals surface area contributed by atoms with Crippen molar-refractivity contribution in [1.82, 2.24) is 14.5 Å². The SMILES string of the molecule is O=C(CCCn1ccnc1)Nc1ncc(Cc2cccc(Cl)c2Cl)s1. The summed E-state index contributed by atoms with van der Waals surface area (Å²) in [5.41, 5.74) is 0.941. The lowest BCUT2D eigenvalue weighted by molar-refractivity contribution is -0.116. The topological polar surface area (TPSA) is 59.8 Å². The molecule has 0 atom stereocenters. The molecule has 8 heteroatoms. The van der Waals surface area contributed by atoms with Crippen LogP contribution in [0.15, 0.2) is 43.1 Å². The Kier molecular flexibility index (Phi) is 6.07. The minimum atomic E-state index is -0.0400. The van der Waals surface area contributed by atoms with Crippen LogP contribution in [0.5, 0.6) is 0 Å². The zero-order valence-electron chi connectivity index (χ0n) is 13.3. The lowest BCUT2D eigenvalue weighted by Crippen LogP contribution is -2.11. The average Bonchev–Trinajstić information content (AvgIpc) is 3.24. The van der Waals surface area contributed by atoms with Crippen molar-refractivity contribution in [3.8, 4) is 0 Å². The smallest absolute Gasteiger partial charge is 0.226 e. The maximum Gasteiger partial charge on any atom is 0.226 e. The molecule has 0 aliphatic carbocycles. The van der Waals surface area contributed by atoms with E-state index in [0.717, 1.165) is 23.4 Å². The molecule has 0 aliphatic heterocycles. The Balaban J connectivity index is 1.51. The summed E-state index contributed by atoms with van der Waals surface area (Å²) in [5.74, 6) is -0.0400. The summed E-state index contributed by atoms with van der Waals surface area (Å²) in [7, 11) is 0. The third kappa shape index (κ3) is 5.04. The van der Waals surface area contributed by atoms with E-state index in [-0.39, 0.29) is 5.91 Å². The minimum absolute atomic E-state index is 0.0400. The monoisotopic (exact) mass is 394 g/mol. The van der Waals surface area contributed by atoms with Gasteiger partial charge < -0.3 is 9.88 Å². The van der Waals surface area contributed by atoms with E-state index in [1.165, 1.54) is 11.3 Å². The summed E-state index contributed by atoms with van der Waals surface area (Å²) >= 11 is 13.7. The van der Waals surface area contributed by atoms with Gasteiger partial charge in [0.05, 0.1) is 16.4 Å². The zero-order chi connectivity index (χ0) is 17.6. The van der Waals surface area contributed by atoms with E-state index in [0.29, 0.717) is 28.0 Å². The molecule has 3 rings (SSSR count). The maximum atomic E-state index is 12.0. The molecule has 3 aromatic rings. The Morgan fingerprint density at radius 3 is 3.00 bits per heavy atom. The fraction of sp³-hybridized carbons (Fsp3) is 0.235. The lowest BCUT2D eigenvalue weighted by Gasteiger charge is -2.04. The first-order chi connectivity index (χ1) is 12.1. The molecule has 2 aromatic heterocycles. The van der Waals surface area contributed by atoms with Gasteiger partial charge >= 0.3 is 0 Å². The van der Waals surface area contributed by atoms with Gasteiger partial charge in [-0.3, -0.25) is 4.79 Å². The molecule has 1 aromatic carbocycles. The number of nitrogens with one attached hydrogen (secondary N) is 1. The first kappa shape index (κ1) is 17.9. The highest BCUT2D eigenvalue weighted by Crippen LogP contribution is 2.29. The number of thiazole rings is 1. The number of halogens is 2. The Hall–Kier alpha value is -1.89. The van der Waals surface area contributed by atoms with E-state index in [1.54, 1.807) is 24.8 Å². The first-order valence-electron chi connectivity index (χ1n) is 7.75. The van der Waals surface area contributed by atoms with Crippen LogP contribution in [0.2, 0.25) is 10.0 Å². The number of amides is 1. The Morgan fingerprint density at radius 2 is 2.20 bits per heavy atom. The second kappa shape index (κ2) is 8.47. The fourth-order valence-corrected chi connectivity index (χ4v) is 3.58. The Labute approximate surface area is 159 Å². The first-order valence-corrected chi connectivity index (χ1v) is 9.32.